The van der Waals surface area contributed by atoms with E-state index in [-0.39, 0.29) is 4.90 Å². The number of hydrogen-bond acceptors (Lipinski definition) is 3. The first-order chi connectivity index (χ1) is 9.43. The lowest BCUT2D eigenvalue weighted by Crippen LogP contribution is -2.25. The first-order valence-electron chi connectivity index (χ1n) is 6.15. The van der Waals surface area contributed by atoms with E-state index in [2.05, 4.69) is 0 Å². The molecule has 0 aliphatic heterocycles. The van der Waals surface area contributed by atoms with E-state index in [1.165, 1.54) is 19.1 Å². The Kier molecular flexibility index (Phi) is 4.48. The van der Waals surface area contributed by atoms with Crippen LogP contribution in [0.5, 0.6) is 0 Å². The van der Waals surface area contributed by atoms with Gasteiger partial charge in [0.25, 0.3) is 0 Å². The Labute approximate surface area is 123 Å². The van der Waals surface area contributed by atoms with Crippen LogP contribution >= 0.6 is 11.6 Å². The molecule has 0 amide bonds. The molecule has 106 valence electrons. The monoisotopic (exact) mass is 310 g/mol. The summed E-state index contributed by atoms with van der Waals surface area (Å²) in [5.74, 6) is 0. The molecule has 3 nitrogen and oxygen atoms in total. The van der Waals surface area contributed by atoms with E-state index in [9.17, 15) is 13.5 Å². The van der Waals surface area contributed by atoms with E-state index in [1.54, 1.807) is 36.4 Å². The third-order valence-corrected chi connectivity index (χ3v) is 5.58. The molecule has 0 aliphatic rings. The number of aliphatic hydroxyl groups is 1. The molecular weight excluding hydrogens is 296 g/mol. The molecule has 0 bridgehead atoms. The normalized spacial score (nSPS) is 14.8. The van der Waals surface area contributed by atoms with Gasteiger partial charge in [0.15, 0.2) is 9.84 Å². The van der Waals surface area contributed by atoms with E-state index >= 15 is 0 Å². The van der Waals surface area contributed by atoms with Crippen LogP contribution in [0.3, 0.4) is 0 Å². The van der Waals surface area contributed by atoms with Crippen molar-refractivity contribution in [2.75, 3.05) is 0 Å². The van der Waals surface area contributed by atoms with Gasteiger partial charge in [0.1, 0.15) is 0 Å². The summed E-state index contributed by atoms with van der Waals surface area (Å²) in [6.07, 6.45) is -1.08. The summed E-state index contributed by atoms with van der Waals surface area (Å²) in [6, 6.07) is 14.8. The summed E-state index contributed by atoms with van der Waals surface area (Å²) in [5.41, 5.74) is 0.575. The highest BCUT2D eigenvalue weighted by molar-refractivity contribution is 7.92. The molecule has 0 aliphatic carbocycles. The highest BCUT2D eigenvalue weighted by Crippen LogP contribution is 2.27. The van der Waals surface area contributed by atoms with Gasteiger partial charge in [0.05, 0.1) is 16.2 Å². The molecule has 0 spiro atoms. The third-order valence-electron chi connectivity index (χ3n) is 3.20. The summed E-state index contributed by atoms with van der Waals surface area (Å²) in [6.45, 7) is 1.49. The molecule has 0 aromatic heterocycles. The maximum Gasteiger partial charge on any atom is 0.183 e. The summed E-state index contributed by atoms with van der Waals surface area (Å²) in [7, 11) is -3.64. The number of sulfone groups is 1. The molecule has 0 saturated heterocycles. The second-order valence-electron chi connectivity index (χ2n) is 4.56. The van der Waals surface area contributed by atoms with E-state index < -0.39 is 21.2 Å². The van der Waals surface area contributed by atoms with Crippen LogP contribution in [0.1, 0.15) is 18.6 Å². The zero-order valence-corrected chi connectivity index (χ0v) is 12.5. The molecule has 20 heavy (non-hydrogen) atoms. The predicted molar refractivity (Wildman–Crippen MR) is 79.5 cm³/mol. The fraction of sp³-hybridized carbons (Fsp3) is 0.200. The fourth-order valence-electron chi connectivity index (χ4n) is 1.95. The van der Waals surface area contributed by atoms with Crippen LogP contribution in [0.25, 0.3) is 0 Å². The van der Waals surface area contributed by atoms with Crippen LogP contribution in [-0.4, -0.2) is 18.8 Å². The van der Waals surface area contributed by atoms with Gasteiger partial charge in [-0.1, -0.05) is 48.0 Å². The smallest absolute Gasteiger partial charge is 0.183 e. The number of hydrogen-bond donors (Lipinski definition) is 1. The Morgan fingerprint density at radius 1 is 1.05 bits per heavy atom. The first kappa shape index (κ1) is 15.0. The SMILES string of the molecule is CC(C(O)c1ccccc1)S(=O)(=O)c1cccc(Cl)c1. The molecule has 0 heterocycles. The topological polar surface area (TPSA) is 54.4 Å². The Balaban J connectivity index is 2.35. The highest BCUT2D eigenvalue weighted by Gasteiger charge is 2.30. The molecule has 2 unspecified atom stereocenters. The van der Waals surface area contributed by atoms with Crippen LogP contribution in [0, 0.1) is 0 Å². The second kappa shape index (κ2) is 5.95. The number of rotatable bonds is 4. The van der Waals surface area contributed by atoms with Gasteiger partial charge in [-0.2, -0.15) is 0 Å². The highest BCUT2D eigenvalue weighted by atomic mass is 35.5. The van der Waals surface area contributed by atoms with Crippen LogP contribution in [-0.2, 0) is 9.84 Å². The average Bonchev–Trinajstić information content (AvgIpc) is 2.46. The minimum atomic E-state index is -3.64. The van der Waals surface area contributed by atoms with Crippen LogP contribution in [0.4, 0.5) is 0 Å². The molecule has 0 fully saturated rings. The summed E-state index contributed by atoms with van der Waals surface area (Å²) >= 11 is 5.83. The summed E-state index contributed by atoms with van der Waals surface area (Å²) < 4.78 is 25.0. The van der Waals surface area contributed by atoms with E-state index in [1.807, 2.05) is 6.07 Å². The number of benzene rings is 2. The van der Waals surface area contributed by atoms with Crippen LogP contribution in [0.2, 0.25) is 5.02 Å². The van der Waals surface area contributed by atoms with Gasteiger partial charge in [0, 0.05) is 5.02 Å². The second-order valence-corrected chi connectivity index (χ2v) is 7.30. The zero-order chi connectivity index (χ0) is 14.8. The Bertz CT molecular complexity index is 683. The molecule has 2 rings (SSSR count). The average molecular weight is 311 g/mol. The third kappa shape index (κ3) is 3.03. The molecular formula is C15H15ClO3S. The molecule has 0 saturated carbocycles. The quantitative estimate of drug-likeness (QED) is 0.943. The maximum absolute atomic E-state index is 12.5. The minimum Gasteiger partial charge on any atom is -0.387 e. The van der Waals surface area contributed by atoms with Crippen LogP contribution < -0.4 is 0 Å². The zero-order valence-electron chi connectivity index (χ0n) is 10.9. The Morgan fingerprint density at radius 3 is 2.30 bits per heavy atom. The minimum absolute atomic E-state index is 0.118. The van der Waals surface area contributed by atoms with Crippen molar-refractivity contribution in [1.29, 1.82) is 0 Å². The van der Waals surface area contributed by atoms with Gasteiger partial charge in [-0.15, -0.1) is 0 Å². The summed E-state index contributed by atoms with van der Waals surface area (Å²) in [5, 5.41) is 9.64. The molecule has 2 aromatic rings. The van der Waals surface area contributed by atoms with Gasteiger partial charge in [-0.05, 0) is 30.7 Å². The van der Waals surface area contributed by atoms with Crippen molar-refractivity contribution >= 4 is 21.4 Å². The van der Waals surface area contributed by atoms with Crippen molar-refractivity contribution in [2.24, 2.45) is 0 Å². The Morgan fingerprint density at radius 2 is 1.70 bits per heavy atom. The van der Waals surface area contributed by atoms with E-state index in [0.29, 0.717) is 10.6 Å². The van der Waals surface area contributed by atoms with Crippen molar-refractivity contribution in [3.8, 4) is 0 Å². The van der Waals surface area contributed by atoms with Crippen molar-refractivity contribution in [3.05, 3.63) is 65.2 Å². The van der Waals surface area contributed by atoms with Crippen molar-refractivity contribution in [2.45, 2.75) is 23.2 Å². The van der Waals surface area contributed by atoms with Gasteiger partial charge in [0.2, 0.25) is 0 Å². The molecule has 1 N–H and O–H groups in total. The number of aliphatic hydroxyl groups excluding tert-OH is 1. The molecule has 0 radical (unpaired) electrons. The fourth-order valence-corrected chi connectivity index (χ4v) is 3.69. The van der Waals surface area contributed by atoms with E-state index in [4.69, 9.17) is 11.6 Å². The standard InChI is InChI=1S/C15H15ClO3S/c1-11(15(17)12-6-3-2-4-7-12)20(18,19)14-9-5-8-13(16)10-14/h2-11,15,17H,1H3. The lowest BCUT2D eigenvalue weighted by atomic mass is 10.1. The molecule has 2 atom stereocenters. The van der Waals surface area contributed by atoms with Gasteiger partial charge < -0.3 is 5.11 Å². The number of halogens is 1. The Hall–Kier alpha value is -1.36. The van der Waals surface area contributed by atoms with Crippen molar-refractivity contribution < 1.29 is 13.5 Å². The maximum atomic E-state index is 12.5. The van der Waals surface area contributed by atoms with Gasteiger partial charge in [-0.3, -0.25) is 0 Å². The van der Waals surface area contributed by atoms with E-state index in [0.717, 1.165) is 0 Å². The molecule has 2 aromatic carbocycles. The molecule has 5 heteroatoms. The van der Waals surface area contributed by atoms with Gasteiger partial charge >= 0.3 is 0 Å². The van der Waals surface area contributed by atoms with Crippen LogP contribution in [0.15, 0.2) is 59.5 Å². The lowest BCUT2D eigenvalue weighted by Gasteiger charge is -2.19. The van der Waals surface area contributed by atoms with Crippen molar-refractivity contribution in [3.63, 3.8) is 0 Å². The largest absolute Gasteiger partial charge is 0.387 e. The lowest BCUT2D eigenvalue weighted by molar-refractivity contribution is 0.176. The predicted octanol–water partition coefficient (Wildman–Crippen LogP) is 3.24. The van der Waals surface area contributed by atoms with Crippen molar-refractivity contribution in [1.82, 2.24) is 0 Å². The first-order valence-corrected chi connectivity index (χ1v) is 8.08. The van der Waals surface area contributed by atoms with Gasteiger partial charge in [-0.25, -0.2) is 8.42 Å². The summed E-state index contributed by atoms with van der Waals surface area (Å²) in [4.78, 5) is 0.118.